The molecule has 2 aliphatic rings. The van der Waals surface area contributed by atoms with Crippen molar-refractivity contribution in [3.63, 3.8) is 0 Å². The van der Waals surface area contributed by atoms with Crippen molar-refractivity contribution in [3.05, 3.63) is 29.6 Å². The van der Waals surface area contributed by atoms with Gasteiger partial charge in [0.25, 0.3) is 0 Å². The Morgan fingerprint density at radius 1 is 1.22 bits per heavy atom. The molecule has 1 unspecified atom stereocenters. The summed E-state index contributed by atoms with van der Waals surface area (Å²) < 4.78 is 13.3. The molecule has 1 atom stereocenters. The van der Waals surface area contributed by atoms with Gasteiger partial charge in [-0.15, -0.1) is 0 Å². The standard InChI is InChI=1S/C14H20FN3/c15-12-6-11(7-13(16)8-12)9-17-4-5-18-3-1-2-14(18)10-17/h6-8,14H,1-5,9-10,16H2. The Bertz CT molecular complexity index is 415. The van der Waals surface area contributed by atoms with E-state index in [2.05, 4.69) is 9.80 Å². The van der Waals surface area contributed by atoms with Crippen LogP contribution in [0.4, 0.5) is 10.1 Å². The summed E-state index contributed by atoms with van der Waals surface area (Å²) in [7, 11) is 0. The van der Waals surface area contributed by atoms with Gasteiger partial charge in [0, 0.05) is 37.9 Å². The molecule has 0 aromatic heterocycles. The first-order valence-corrected chi connectivity index (χ1v) is 6.72. The molecule has 98 valence electrons. The van der Waals surface area contributed by atoms with E-state index in [9.17, 15) is 4.39 Å². The highest BCUT2D eigenvalue weighted by Crippen LogP contribution is 2.23. The minimum absolute atomic E-state index is 0.232. The molecule has 0 aliphatic carbocycles. The molecule has 2 aliphatic heterocycles. The van der Waals surface area contributed by atoms with Gasteiger partial charge in [0.2, 0.25) is 0 Å². The molecule has 0 amide bonds. The topological polar surface area (TPSA) is 32.5 Å². The summed E-state index contributed by atoms with van der Waals surface area (Å²) in [6, 6.07) is 5.56. The van der Waals surface area contributed by atoms with Crippen LogP contribution in [0.5, 0.6) is 0 Å². The lowest BCUT2D eigenvalue weighted by Gasteiger charge is -2.37. The van der Waals surface area contributed by atoms with E-state index in [4.69, 9.17) is 5.73 Å². The Kier molecular flexibility index (Phi) is 3.22. The average Bonchev–Trinajstić information content (AvgIpc) is 2.74. The van der Waals surface area contributed by atoms with Gasteiger partial charge in [-0.3, -0.25) is 9.80 Å². The zero-order valence-corrected chi connectivity index (χ0v) is 10.6. The van der Waals surface area contributed by atoms with Gasteiger partial charge in [-0.05, 0) is 43.1 Å². The fraction of sp³-hybridized carbons (Fsp3) is 0.571. The van der Waals surface area contributed by atoms with Crippen LogP contribution in [-0.4, -0.2) is 42.0 Å². The van der Waals surface area contributed by atoms with Crippen LogP contribution in [0.1, 0.15) is 18.4 Å². The lowest BCUT2D eigenvalue weighted by molar-refractivity contribution is 0.0993. The maximum Gasteiger partial charge on any atom is 0.125 e. The van der Waals surface area contributed by atoms with E-state index in [0.29, 0.717) is 11.7 Å². The highest BCUT2D eigenvalue weighted by Gasteiger charge is 2.30. The number of fused-ring (bicyclic) bond motifs is 1. The summed E-state index contributed by atoms with van der Waals surface area (Å²) in [5.74, 6) is -0.232. The first kappa shape index (κ1) is 11.9. The van der Waals surface area contributed by atoms with Crippen LogP contribution in [0.3, 0.4) is 0 Å². The molecule has 18 heavy (non-hydrogen) atoms. The van der Waals surface area contributed by atoms with Gasteiger partial charge >= 0.3 is 0 Å². The second-order valence-corrected chi connectivity index (χ2v) is 5.46. The summed E-state index contributed by atoms with van der Waals surface area (Å²) in [5.41, 5.74) is 7.19. The van der Waals surface area contributed by atoms with E-state index >= 15 is 0 Å². The van der Waals surface area contributed by atoms with Crippen LogP contribution in [0.2, 0.25) is 0 Å². The number of nitrogens with zero attached hydrogens (tertiary/aromatic N) is 2. The van der Waals surface area contributed by atoms with Crippen molar-refractivity contribution in [2.45, 2.75) is 25.4 Å². The molecule has 1 aromatic carbocycles. The van der Waals surface area contributed by atoms with E-state index < -0.39 is 0 Å². The van der Waals surface area contributed by atoms with Gasteiger partial charge in [0.15, 0.2) is 0 Å². The number of benzene rings is 1. The molecule has 2 saturated heterocycles. The summed E-state index contributed by atoms with van der Waals surface area (Å²) in [5, 5.41) is 0. The second kappa shape index (κ2) is 4.86. The monoisotopic (exact) mass is 249 g/mol. The molecule has 2 fully saturated rings. The lowest BCUT2D eigenvalue weighted by Crippen LogP contribution is -2.49. The normalized spacial score (nSPS) is 25.3. The predicted molar refractivity (Wildman–Crippen MR) is 70.7 cm³/mol. The quantitative estimate of drug-likeness (QED) is 0.810. The number of nitrogen functional groups attached to an aromatic ring is 1. The number of piperazine rings is 1. The molecule has 3 nitrogen and oxygen atoms in total. The molecule has 1 aromatic rings. The number of hydrogen-bond acceptors (Lipinski definition) is 3. The van der Waals surface area contributed by atoms with Crippen molar-refractivity contribution in [1.29, 1.82) is 0 Å². The molecule has 0 bridgehead atoms. The molecule has 3 rings (SSSR count). The van der Waals surface area contributed by atoms with Crippen LogP contribution < -0.4 is 5.73 Å². The van der Waals surface area contributed by atoms with Crippen LogP contribution >= 0.6 is 0 Å². The van der Waals surface area contributed by atoms with E-state index in [1.807, 2.05) is 6.07 Å². The molecular weight excluding hydrogens is 229 g/mol. The zero-order valence-electron chi connectivity index (χ0n) is 10.6. The van der Waals surface area contributed by atoms with Gasteiger partial charge in [-0.2, -0.15) is 0 Å². The van der Waals surface area contributed by atoms with Crippen molar-refractivity contribution < 1.29 is 4.39 Å². The third kappa shape index (κ3) is 2.49. The summed E-state index contributed by atoms with van der Waals surface area (Å²) in [4.78, 5) is 5.00. The Morgan fingerprint density at radius 2 is 2.11 bits per heavy atom. The van der Waals surface area contributed by atoms with E-state index in [0.717, 1.165) is 31.7 Å². The Morgan fingerprint density at radius 3 is 2.94 bits per heavy atom. The van der Waals surface area contributed by atoms with E-state index in [1.165, 1.54) is 25.5 Å². The van der Waals surface area contributed by atoms with E-state index in [1.54, 1.807) is 6.07 Å². The molecule has 2 heterocycles. The number of nitrogens with two attached hydrogens (primary N) is 1. The molecule has 0 spiro atoms. The minimum atomic E-state index is -0.232. The summed E-state index contributed by atoms with van der Waals surface area (Å²) in [6.45, 7) is 5.40. The number of hydrogen-bond donors (Lipinski definition) is 1. The van der Waals surface area contributed by atoms with Crippen molar-refractivity contribution in [3.8, 4) is 0 Å². The maximum absolute atomic E-state index is 13.3. The van der Waals surface area contributed by atoms with Crippen LogP contribution in [0, 0.1) is 5.82 Å². The van der Waals surface area contributed by atoms with Crippen molar-refractivity contribution in [1.82, 2.24) is 9.80 Å². The highest BCUT2D eigenvalue weighted by molar-refractivity contribution is 5.41. The smallest absolute Gasteiger partial charge is 0.125 e. The number of anilines is 1. The largest absolute Gasteiger partial charge is 0.399 e. The van der Waals surface area contributed by atoms with Crippen LogP contribution in [0.15, 0.2) is 18.2 Å². The fourth-order valence-electron chi connectivity index (χ4n) is 3.22. The van der Waals surface area contributed by atoms with Gasteiger partial charge in [0.1, 0.15) is 5.82 Å². The molecular formula is C14H20FN3. The number of rotatable bonds is 2. The Balaban J connectivity index is 1.65. The van der Waals surface area contributed by atoms with Gasteiger partial charge in [-0.1, -0.05) is 0 Å². The maximum atomic E-state index is 13.3. The molecule has 0 radical (unpaired) electrons. The van der Waals surface area contributed by atoms with Gasteiger partial charge < -0.3 is 5.73 Å². The van der Waals surface area contributed by atoms with Crippen LogP contribution in [-0.2, 0) is 6.54 Å². The molecule has 0 saturated carbocycles. The SMILES string of the molecule is Nc1cc(F)cc(CN2CCN3CCCC3C2)c1. The fourth-order valence-corrected chi connectivity index (χ4v) is 3.22. The van der Waals surface area contributed by atoms with Crippen molar-refractivity contribution >= 4 is 5.69 Å². The minimum Gasteiger partial charge on any atom is -0.399 e. The van der Waals surface area contributed by atoms with Crippen molar-refractivity contribution in [2.24, 2.45) is 0 Å². The van der Waals surface area contributed by atoms with Crippen LogP contribution in [0.25, 0.3) is 0 Å². The number of halogens is 1. The Labute approximate surface area is 107 Å². The van der Waals surface area contributed by atoms with Crippen molar-refractivity contribution in [2.75, 3.05) is 31.9 Å². The third-order valence-corrected chi connectivity index (χ3v) is 4.06. The third-order valence-electron chi connectivity index (χ3n) is 4.06. The van der Waals surface area contributed by atoms with E-state index in [-0.39, 0.29) is 5.82 Å². The first-order chi connectivity index (χ1) is 8.70. The van der Waals surface area contributed by atoms with Gasteiger partial charge in [-0.25, -0.2) is 4.39 Å². The average molecular weight is 249 g/mol. The second-order valence-electron chi connectivity index (χ2n) is 5.46. The molecule has 4 heteroatoms. The Hall–Kier alpha value is -1.13. The lowest BCUT2D eigenvalue weighted by atomic mass is 10.1. The van der Waals surface area contributed by atoms with Gasteiger partial charge in [0.05, 0.1) is 0 Å². The highest BCUT2D eigenvalue weighted by atomic mass is 19.1. The first-order valence-electron chi connectivity index (χ1n) is 6.72. The summed E-state index contributed by atoms with van der Waals surface area (Å²) >= 11 is 0. The molecule has 2 N–H and O–H groups in total. The predicted octanol–water partition coefficient (Wildman–Crippen LogP) is 1.69. The summed E-state index contributed by atoms with van der Waals surface area (Å²) in [6.07, 6.45) is 2.63. The zero-order chi connectivity index (χ0) is 12.5.